The molecule has 0 spiro atoms. The molecule has 9 nitrogen and oxygen atoms in total. The molecule has 0 rings (SSSR count). The molecule has 0 aromatic carbocycles. The van der Waals surface area contributed by atoms with Crippen LogP contribution in [-0.4, -0.2) is 35.1 Å². The largest absolute Gasteiger partial charge is 0.328 e. The van der Waals surface area contributed by atoms with Crippen molar-refractivity contribution < 1.29 is 20.2 Å². The molecule has 0 fully saturated rings. The topological polar surface area (TPSA) is 128 Å². The van der Waals surface area contributed by atoms with Crippen LogP contribution in [0, 0.1) is 20.2 Å². The van der Waals surface area contributed by atoms with Crippen molar-refractivity contribution in [3.8, 4) is 0 Å². The van der Waals surface area contributed by atoms with E-state index in [1.54, 1.807) is 0 Å². The maximum absolute atomic E-state index is 9.64. The molecular formula is C6H15N3O6. The summed E-state index contributed by atoms with van der Waals surface area (Å²) in [6.07, 6.45) is 2.22. The molecule has 0 saturated heterocycles. The van der Waals surface area contributed by atoms with Crippen molar-refractivity contribution in [1.82, 2.24) is 5.32 Å². The highest BCUT2D eigenvalue weighted by atomic mass is 16.9. The third-order valence-electron chi connectivity index (χ3n) is 1.18. The first kappa shape index (κ1) is 15.8. The third-order valence-corrected chi connectivity index (χ3v) is 1.18. The Hall–Kier alpha value is -1.64. The summed E-state index contributed by atoms with van der Waals surface area (Å²) in [5, 5.41) is 25.5. The van der Waals surface area contributed by atoms with Crippen LogP contribution in [0.15, 0.2) is 0 Å². The van der Waals surface area contributed by atoms with Crippen molar-refractivity contribution in [2.45, 2.75) is 19.8 Å². The number of unbranched alkanes of at least 4 members (excludes halogenated alkanes) is 1. The van der Waals surface area contributed by atoms with Gasteiger partial charge in [0.2, 0.25) is 0 Å². The lowest BCUT2D eigenvalue weighted by Crippen LogP contribution is -2.21. The molecule has 0 saturated carbocycles. The summed E-state index contributed by atoms with van der Waals surface area (Å²) >= 11 is 0. The van der Waals surface area contributed by atoms with E-state index in [0.717, 1.165) is 19.4 Å². The summed E-state index contributed by atoms with van der Waals surface area (Å²) < 4.78 is 0. The number of hydrogen-bond donors (Lipinski definition) is 2. The lowest BCUT2D eigenvalue weighted by molar-refractivity contribution is -0.757. The standard InChI is InChI=1S/C6H14N2O3.HNO3/c1-2-3-4-7-5-6-11-8(9)10;2-1(3)4/h7H,2-6H2,1H3;(H,2,3,4). The normalized spacial score (nSPS) is 8.60. The van der Waals surface area contributed by atoms with Crippen LogP contribution in [0.2, 0.25) is 0 Å². The molecule has 0 amide bonds. The maximum Gasteiger partial charge on any atom is 0.294 e. The highest BCUT2D eigenvalue weighted by molar-refractivity contribution is 4.43. The van der Waals surface area contributed by atoms with Crippen molar-refractivity contribution >= 4 is 0 Å². The van der Waals surface area contributed by atoms with Gasteiger partial charge in [-0.25, -0.2) is 0 Å². The van der Waals surface area contributed by atoms with Crippen LogP contribution in [0.25, 0.3) is 0 Å². The summed E-state index contributed by atoms with van der Waals surface area (Å²) in [6.45, 7) is 3.67. The van der Waals surface area contributed by atoms with Gasteiger partial charge in [0.1, 0.15) is 6.61 Å². The van der Waals surface area contributed by atoms with Crippen LogP contribution < -0.4 is 5.32 Å². The zero-order valence-electron chi connectivity index (χ0n) is 8.42. The zero-order valence-corrected chi connectivity index (χ0v) is 8.42. The minimum Gasteiger partial charge on any atom is -0.328 e. The Labute approximate surface area is 86.2 Å². The Bertz CT molecular complexity index is 172. The van der Waals surface area contributed by atoms with Crippen LogP contribution in [0.3, 0.4) is 0 Å². The van der Waals surface area contributed by atoms with E-state index in [1.165, 1.54) is 0 Å². The van der Waals surface area contributed by atoms with E-state index in [4.69, 9.17) is 15.3 Å². The molecule has 0 atom stereocenters. The highest BCUT2D eigenvalue weighted by Crippen LogP contribution is 1.81. The minimum atomic E-state index is -1.50. The summed E-state index contributed by atoms with van der Waals surface area (Å²) in [5.74, 6) is 0. The number of nitrogens with one attached hydrogen (secondary N) is 1. The van der Waals surface area contributed by atoms with Crippen molar-refractivity contribution in [1.29, 1.82) is 0 Å². The molecule has 0 heterocycles. The predicted molar refractivity (Wildman–Crippen MR) is 49.5 cm³/mol. The molecule has 2 N–H and O–H groups in total. The molecule has 9 heteroatoms. The smallest absolute Gasteiger partial charge is 0.294 e. The van der Waals surface area contributed by atoms with Crippen molar-refractivity contribution in [3.05, 3.63) is 20.2 Å². The fourth-order valence-corrected chi connectivity index (χ4v) is 0.619. The van der Waals surface area contributed by atoms with Crippen molar-refractivity contribution in [2.75, 3.05) is 19.7 Å². The van der Waals surface area contributed by atoms with Gasteiger partial charge in [0.15, 0.2) is 0 Å². The van der Waals surface area contributed by atoms with Gasteiger partial charge in [0.05, 0.1) is 0 Å². The van der Waals surface area contributed by atoms with Crippen molar-refractivity contribution in [2.24, 2.45) is 0 Å². The van der Waals surface area contributed by atoms with Gasteiger partial charge in [-0.15, -0.1) is 20.2 Å². The summed E-state index contributed by atoms with van der Waals surface area (Å²) in [5.41, 5.74) is 0. The van der Waals surface area contributed by atoms with Crippen LogP contribution in [0.5, 0.6) is 0 Å². The predicted octanol–water partition coefficient (Wildman–Crippen LogP) is 0.237. The first-order chi connectivity index (χ1) is 7.00. The van der Waals surface area contributed by atoms with Gasteiger partial charge in [0, 0.05) is 6.54 Å². The lowest BCUT2D eigenvalue weighted by atomic mass is 10.3. The van der Waals surface area contributed by atoms with Gasteiger partial charge in [-0.2, -0.15) is 0 Å². The second kappa shape index (κ2) is 12.4. The first-order valence-electron chi connectivity index (χ1n) is 4.32. The van der Waals surface area contributed by atoms with E-state index in [9.17, 15) is 10.1 Å². The van der Waals surface area contributed by atoms with Gasteiger partial charge in [0.25, 0.3) is 10.2 Å². The summed E-state index contributed by atoms with van der Waals surface area (Å²) in [6, 6.07) is 0. The Balaban J connectivity index is 0. The highest BCUT2D eigenvalue weighted by Gasteiger charge is 1.92. The first-order valence-corrected chi connectivity index (χ1v) is 4.32. The molecule has 90 valence electrons. The molecule has 0 aromatic rings. The van der Waals surface area contributed by atoms with E-state index < -0.39 is 10.2 Å². The average Bonchev–Trinajstić information content (AvgIpc) is 2.09. The van der Waals surface area contributed by atoms with Gasteiger partial charge >= 0.3 is 0 Å². The van der Waals surface area contributed by atoms with Gasteiger partial charge in [-0.3, -0.25) is 0 Å². The van der Waals surface area contributed by atoms with E-state index in [1.807, 2.05) is 0 Å². The van der Waals surface area contributed by atoms with Crippen LogP contribution in [0.1, 0.15) is 19.8 Å². The fraction of sp³-hybridized carbons (Fsp3) is 1.00. The SMILES string of the molecule is CCCCNCCO[N+](=O)[O-].O=[N+]([O-])O. The second-order valence-corrected chi connectivity index (χ2v) is 2.40. The van der Waals surface area contributed by atoms with Crippen LogP contribution in [0.4, 0.5) is 0 Å². The average molecular weight is 225 g/mol. The quantitative estimate of drug-likeness (QED) is 0.360. The van der Waals surface area contributed by atoms with Crippen LogP contribution >= 0.6 is 0 Å². The Morgan fingerprint density at radius 3 is 2.27 bits per heavy atom. The molecule has 0 aliphatic carbocycles. The molecule has 0 aromatic heterocycles. The number of hydrogen-bond acceptors (Lipinski definition) is 6. The zero-order chi connectivity index (χ0) is 12.1. The van der Waals surface area contributed by atoms with E-state index in [0.29, 0.717) is 6.54 Å². The summed E-state index contributed by atoms with van der Waals surface area (Å²) in [4.78, 5) is 22.1. The molecule has 0 bridgehead atoms. The Morgan fingerprint density at radius 2 is 1.87 bits per heavy atom. The number of nitrogens with zero attached hydrogens (tertiary/aromatic N) is 2. The summed E-state index contributed by atoms with van der Waals surface area (Å²) in [7, 11) is 0. The molecule has 0 unspecified atom stereocenters. The maximum atomic E-state index is 9.64. The minimum absolute atomic E-state index is 0.136. The van der Waals surface area contributed by atoms with Crippen LogP contribution in [-0.2, 0) is 4.84 Å². The monoisotopic (exact) mass is 225 g/mol. The van der Waals surface area contributed by atoms with E-state index >= 15 is 0 Å². The van der Waals surface area contributed by atoms with E-state index in [-0.39, 0.29) is 6.61 Å². The van der Waals surface area contributed by atoms with Gasteiger partial charge < -0.3 is 15.4 Å². The molecule has 15 heavy (non-hydrogen) atoms. The molecule has 0 aliphatic heterocycles. The Morgan fingerprint density at radius 1 is 1.33 bits per heavy atom. The third kappa shape index (κ3) is 32.8. The van der Waals surface area contributed by atoms with Gasteiger partial charge in [-0.05, 0) is 13.0 Å². The van der Waals surface area contributed by atoms with Gasteiger partial charge in [-0.1, -0.05) is 13.3 Å². The molecular weight excluding hydrogens is 210 g/mol. The van der Waals surface area contributed by atoms with Crippen molar-refractivity contribution in [3.63, 3.8) is 0 Å². The second-order valence-electron chi connectivity index (χ2n) is 2.40. The number of rotatable bonds is 7. The fourth-order valence-electron chi connectivity index (χ4n) is 0.619. The Kier molecular flexibility index (Phi) is 13.0. The molecule has 0 aliphatic rings. The molecule has 0 radical (unpaired) electrons. The van der Waals surface area contributed by atoms with E-state index in [2.05, 4.69) is 17.1 Å². The lowest BCUT2D eigenvalue weighted by Gasteiger charge is -2.01.